The van der Waals surface area contributed by atoms with Gasteiger partial charge in [0.15, 0.2) is 0 Å². The second kappa shape index (κ2) is 6.70. The van der Waals surface area contributed by atoms with Gasteiger partial charge in [-0.15, -0.1) is 0 Å². The van der Waals surface area contributed by atoms with Crippen molar-refractivity contribution in [3.05, 3.63) is 69.1 Å². The predicted octanol–water partition coefficient (Wildman–Crippen LogP) is 2.16. The van der Waals surface area contributed by atoms with E-state index >= 15 is 0 Å². The van der Waals surface area contributed by atoms with Gasteiger partial charge in [-0.25, -0.2) is 0 Å². The molecule has 0 amide bonds. The average molecular weight is 286 g/mol. The molecule has 0 fully saturated rings. The second-order valence-corrected chi connectivity index (χ2v) is 5.29. The predicted molar refractivity (Wildman–Crippen MR) is 84.5 cm³/mol. The Balaban J connectivity index is 2.39. The van der Waals surface area contributed by atoms with E-state index in [1.807, 2.05) is 32.0 Å². The Kier molecular flexibility index (Phi) is 4.94. The van der Waals surface area contributed by atoms with Crippen LogP contribution < -0.4 is 11.3 Å². The molecule has 1 aromatic heterocycles. The first-order valence-electron chi connectivity index (χ1n) is 7.05. The summed E-state index contributed by atoms with van der Waals surface area (Å²) in [6, 6.07) is 9.36. The first kappa shape index (κ1) is 15.5. The number of rotatable bonds is 5. The summed E-state index contributed by atoms with van der Waals surface area (Å²) >= 11 is 0. The number of hydrogen-bond donors (Lipinski definition) is 1. The molecule has 1 atom stereocenters. The Bertz CT molecular complexity index is 677. The lowest BCUT2D eigenvalue weighted by Gasteiger charge is -2.16. The van der Waals surface area contributed by atoms with Gasteiger partial charge in [-0.3, -0.25) is 4.79 Å². The summed E-state index contributed by atoms with van der Waals surface area (Å²) in [6.07, 6.45) is 1.76. The molecule has 4 nitrogen and oxygen atoms in total. The Morgan fingerprint density at radius 3 is 2.67 bits per heavy atom. The standard InChI is InChI=1S/C17H22N2O2/c1-12-6-7-14(13(2)11-12)16(18)15-5-4-8-19(17(15)20)9-10-21-3/h4-8,11,16H,9-10,18H2,1-3H3. The van der Waals surface area contributed by atoms with Gasteiger partial charge in [0, 0.05) is 25.4 Å². The molecule has 2 aromatic rings. The molecule has 2 N–H and O–H groups in total. The van der Waals surface area contributed by atoms with Crippen LogP contribution >= 0.6 is 0 Å². The molecule has 0 aliphatic carbocycles. The van der Waals surface area contributed by atoms with Gasteiger partial charge in [0.1, 0.15) is 0 Å². The molecule has 0 saturated heterocycles. The van der Waals surface area contributed by atoms with Crippen molar-refractivity contribution in [3.8, 4) is 0 Å². The first-order valence-corrected chi connectivity index (χ1v) is 7.05. The number of ether oxygens (including phenoxy) is 1. The van der Waals surface area contributed by atoms with Crippen LogP contribution in [0, 0.1) is 13.8 Å². The molecule has 1 aromatic carbocycles. The van der Waals surface area contributed by atoms with E-state index in [2.05, 4.69) is 6.07 Å². The monoisotopic (exact) mass is 286 g/mol. The van der Waals surface area contributed by atoms with Gasteiger partial charge in [0.25, 0.3) is 5.56 Å². The van der Waals surface area contributed by atoms with Crippen LogP contribution in [0.15, 0.2) is 41.3 Å². The molecule has 0 spiro atoms. The Morgan fingerprint density at radius 2 is 2.00 bits per heavy atom. The van der Waals surface area contributed by atoms with Crippen molar-refractivity contribution in [2.45, 2.75) is 26.4 Å². The largest absolute Gasteiger partial charge is 0.383 e. The number of benzene rings is 1. The van der Waals surface area contributed by atoms with Gasteiger partial charge in [-0.2, -0.15) is 0 Å². The molecule has 0 aliphatic heterocycles. The first-order chi connectivity index (χ1) is 10.0. The zero-order valence-electron chi connectivity index (χ0n) is 12.8. The fourth-order valence-corrected chi connectivity index (χ4v) is 2.50. The van der Waals surface area contributed by atoms with Crippen molar-refractivity contribution in [2.75, 3.05) is 13.7 Å². The number of aromatic nitrogens is 1. The van der Waals surface area contributed by atoms with Crippen LogP contribution in [0.25, 0.3) is 0 Å². The number of pyridine rings is 1. The lowest BCUT2D eigenvalue weighted by Crippen LogP contribution is -2.29. The Morgan fingerprint density at radius 1 is 1.24 bits per heavy atom. The van der Waals surface area contributed by atoms with Crippen LogP contribution in [-0.4, -0.2) is 18.3 Å². The van der Waals surface area contributed by atoms with E-state index in [4.69, 9.17) is 10.5 Å². The summed E-state index contributed by atoms with van der Waals surface area (Å²) in [4.78, 5) is 12.5. The molecular formula is C17H22N2O2. The molecule has 0 aliphatic rings. The maximum Gasteiger partial charge on any atom is 0.255 e. The third kappa shape index (κ3) is 3.40. The molecule has 112 valence electrons. The fourth-order valence-electron chi connectivity index (χ4n) is 2.50. The molecule has 21 heavy (non-hydrogen) atoms. The number of nitrogens with zero attached hydrogens (tertiary/aromatic N) is 1. The Labute approximate surface area is 125 Å². The van der Waals surface area contributed by atoms with Crippen LogP contribution in [0.1, 0.15) is 28.3 Å². The van der Waals surface area contributed by atoms with Crippen molar-refractivity contribution in [2.24, 2.45) is 5.73 Å². The number of aryl methyl sites for hydroxylation is 2. The van der Waals surface area contributed by atoms with Crippen molar-refractivity contribution in [1.82, 2.24) is 4.57 Å². The quantitative estimate of drug-likeness (QED) is 0.916. The highest BCUT2D eigenvalue weighted by Crippen LogP contribution is 2.21. The average Bonchev–Trinajstić information content (AvgIpc) is 2.45. The van der Waals surface area contributed by atoms with Gasteiger partial charge in [0.05, 0.1) is 12.6 Å². The van der Waals surface area contributed by atoms with E-state index in [-0.39, 0.29) is 5.56 Å². The molecular weight excluding hydrogens is 264 g/mol. The topological polar surface area (TPSA) is 57.2 Å². The maximum atomic E-state index is 12.5. The maximum absolute atomic E-state index is 12.5. The lowest BCUT2D eigenvalue weighted by molar-refractivity contribution is 0.186. The van der Waals surface area contributed by atoms with E-state index < -0.39 is 6.04 Å². The van der Waals surface area contributed by atoms with E-state index in [0.717, 1.165) is 11.1 Å². The van der Waals surface area contributed by atoms with Crippen molar-refractivity contribution in [3.63, 3.8) is 0 Å². The van der Waals surface area contributed by atoms with Crippen LogP contribution in [0.4, 0.5) is 0 Å². The summed E-state index contributed by atoms with van der Waals surface area (Å²) in [7, 11) is 1.62. The van der Waals surface area contributed by atoms with Gasteiger partial charge < -0.3 is 15.0 Å². The molecule has 1 unspecified atom stereocenters. The SMILES string of the molecule is COCCn1cccc(C(N)c2ccc(C)cc2C)c1=O. The molecule has 0 radical (unpaired) electrons. The normalized spacial score (nSPS) is 12.4. The van der Waals surface area contributed by atoms with Crippen molar-refractivity contribution in [1.29, 1.82) is 0 Å². The molecule has 1 heterocycles. The molecule has 2 rings (SSSR count). The fraction of sp³-hybridized carbons (Fsp3) is 0.353. The minimum atomic E-state index is -0.409. The third-order valence-electron chi connectivity index (χ3n) is 3.68. The number of hydrogen-bond acceptors (Lipinski definition) is 3. The highest BCUT2D eigenvalue weighted by Gasteiger charge is 2.15. The molecule has 0 saturated carbocycles. The van der Waals surface area contributed by atoms with E-state index in [9.17, 15) is 4.79 Å². The van der Waals surface area contributed by atoms with E-state index in [1.54, 1.807) is 23.9 Å². The highest BCUT2D eigenvalue weighted by molar-refractivity contribution is 5.37. The zero-order chi connectivity index (χ0) is 15.4. The number of methoxy groups -OCH3 is 1. The second-order valence-electron chi connectivity index (χ2n) is 5.29. The highest BCUT2D eigenvalue weighted by atomic mass is 16.5. The minimum absolute atomic E-state index is 0.0537. The number of nitrogens with two attached hydrogens (primary N) is 1. The van der Waals surface area contributed by atoms with Crippen LogP contribution in [-0.2, 0) is 11.3 Å². The van der Waals surface area contributed by atoms with Crippen molar-refractivity contribution >= 4 is 0 Å². The van der Waals surface area contributed by atoms with Gasteiger partial charge in [-0.05, 0) is 31.0 Å². The summed E-state index contributed by atoms with van der Waals surface area (Å²) in [6.45, 7) is 5.10. The van der Waals surface area contributed by atoms with E-state index in [1.165, 1.54) is 5.56 Å². The summed E-state index contributed by atoms with van der Waals surface area (Å²) in [5.41, 5.74) is 10.2. The Hall–Kier alpha value is -1.91. The summed E-state index contributed by atoms with van der Waals surface area (Å²) in [5, 5.41) is 0. The van der Waals surface area contributed by atoms with Crippen LogP contribution in [0.5, 0.6) is 0 Å². The summed E-state index contributed by atoms with van der Waals surface area (Å²) < 4.78 is 6.67. The van der Waals surface area contributed by atoms with E-state index in [0.29, 0.717) is 18.7 Å². The van der Waals surface area contributed by atoms with Crippen molar-refractivity contribution < 1.29 is 4.74 Å². The van der Waals surface area contributed by atoms with Gasteiger partial charge in [-0.1, -0.05) is 29.8 Å². The van der Waals surface area contributed by atoms with Gasteiger partial charge in [0.2, 0.25) is 0 Å². The third-order valence-corrected chi connectivity index (χ3v) is 3.68. The zero-order valence-corrected chi connectivity index (χ0v) is 12.8. The summed E-state index contributed by atoms with van der Waals surface area (Å²) in [5.74, 6) is 0. The van der Waals surface area contributed by atoms with Crippen LogP contribution in [0.3, 0.4) is 0 Å². The molecule has 4 heteroatoms. The van der Waals surface area contributed by atoms with Gasteiger partial charge >= 0.3 is 0 Å². The smallest absolute Gasteiger partial charge is 0.255 e. The lowest BCUT2D eigenvalue weighted by atomic mass is 9.95. The molecule has 0 bridgehead atoms. The van der Waals surface area contributed by atoms with Crippen LogP contribution in [0.2, 0.25) is 0 Å². The minimum Gasteiger partial charge on any atom is -0.383 e.